The molecule has 88 valence electrons. The van der Waals surface area contributed by atoms with Crippen molar-refractivity contribution in [2.45, 2.75) is 0 Å². The van der Waals surface area contributed by atoms with Gasteiger partial charge in [0.2, 0.25) is 0 Å². The molecule has 17 heavy (non-hydrogen) atoms. The van der Waals surface area contributed by atoms with Gasteiger partial charge in [0.15, 0.2) is 0 Å². The Kier molecular flexibility index (Phi) is 10.3. The van der Waals surface area contributed by atoms with E-state index in [0.717, 1.165) is 11.1 Å². The second-order valence-electron chi connectivity index (χ2n) is 3.05. The molecule has 3 heteroatoms. The van der Waals surface area contributed by atoms with Crippen LogP contribution in [-0.4, -0.2) is 0 Å². The van der Waals surface area contributed by atoms with Crippen LogP contribution in [0.25, 0.3) is 0 Å². The van der Waals surface area contributed by atoms with E-state index in [-0.39, 0.29) is 0 Å². The van der Waals surface area contributed by atoms with E-state index >= 15 is 0 Å². The minimum absolute atomic E-state index is 1.07. The third-order valence-corrected chi connectivity index (χ3v) is 1.69. The van der Waals surface area contributed by atoms with Crippen LogP contribution in [0.4, 0.5) is 0 Å². The predicted octanol–water partition coefficient (Wildman–Crippen LogP) is 3.50. The molecular formula is C14H14O2Zr-2. The molecule has 0 aliphatic carbocycles. The van der Waals surface area contributed by atoms with Crippen LogP contribution in [-0.2, 0) is 28.9 Å². The molecule has 0 atom stereocenters. The van der Waals surface area contributed by atoms with Crippen molar-refractivity contribution in [2.24, 2.45) is 0 Å². The van der Waals surface area contributed by atoms with Crippen molar-refractivity contribution in [2.75, 3.05) is 0 Å². The van der Waals surface area contributed by atoms with Gasteiger partial charge in [-0.1, -0.05) is 12.1 Å². The molecule has 2 aromatic carbocycles. The van der Waals surface area contributed by atoms with E-state index in [2.05, 4.69) is 13.8 Å². The fourth-order valence-corrected chi connectivity index (χ4v) is 0.956. The van der Waals surface area contributed by atoms with Crippen LogP contribution in [0.2, 0.25) is 0 Å². The Balaban J connectivity index is 0.000000247. The summed E-state index contributed by atoms with van der Waals surface area (Å²) in [5.74, 6) is 0. The number of rotatable bonds is 0. The average Bonchev–Trinajstić information content (AvgIpc) is 2.33. The summed E-state index contributed by atoms with van der Waals surface area (Å²) < 4.78 is 17.1. The summed E-state index contributed by atoms with van der Waals surface area (Å²) in [7, 11) is 0. The second kappa shape index (κ2) is 11.2. The monoisotopic (exact) mass is 304 g/mol. The van der Waals surface area contributed by atoms with Crippen LogP contribution in [0.3, 0.4) is 0 Å². The Morgan fingerprint density at radius 2 is 0.882 bits per heavy atom. The molecule has 0 aromatic heterocycles. The topological polar surface area (TPSA) is 34.1 Å². The van der Waals surface area contributed by atoms with Crippen LogP contribution >= 0.6 is 0 Å². The first kappa shape index (κ1) is 15.7. The van der Waals surface area contributed by atoms with Crippen molar-refractivity contribution in [1.29, 1.82) is 0 Å². The number of benzene rings is 2. The maximum absolute atomic E-state index is 8.54. The molecule has 2 nitrogen and oxygen atoms in total. The fraction of sp³-hybridized carbons (Fsp3) is 0. The van der Waals surface area contributed by atoms with E-state index in [1.165, 1.54) is 0 Å². The molecule has 0 fully saturated rings. The standard InChI is InChI=1S/2C7H7.2O.Zr/c2*1-7-5-3-2-4-6-7;;;/h2*2-6H,1H2;;;/q2*-1;;;. The van der Waals surface area contributed by atoms with E-state index in [1.807, 2.05) is 60.7 Å². The van der Waals surface area contributed by atoms with Crippen molar-refractivity contribution in [3.63, 3.8) is 0 Å². The first-order chi connectivity index (χ1) is 8.20. The maximum atomic E-state index is 8.54. The Morgan fingerprint density at radius 1 is 0.647 bits per heavy atom. The summed E-state index contributed by atoms with van der Waals surface area (Å²) >= 11 is -2.27. The molecule has 0 aliphatic heterocycles. The molecule has 2 aromatic rings. The summed E-state index contributed by atoms with van der Waals surface area (Å²) in [5.41, 5.74) is 2.14. The quantitative estimate of drug-likeness (QED) is 0.698. The van der Waals surface area contributed by atoms with Crippen LogP contribution in [0.5, 0.6) is 0 Å². The molecule has 0 saturated heterocycles. The first-order valence-electron chi connectivity index (χ1n) is 4.94. The van der Waals surface area contributed by atoms with E-state index in [4.69, 9.17) is 5.63 Å². The summed E-state index contributed by atoms with van der Waals surface area (Å²) in [5, 5.41) is 0. The third kappa shape index (κ3) is 10.9. The van der Waals surface area contributed by atoms with Crippen molar-refractivity contribution in [3.8, 4) is 0 Å². The SMILES string of the molecule is [CH2-]c1ccccc1.[CH2-]c1ccccc1.[O]=[Zr]=[O]. The van der Waals surface area contributed by atoms with Gasteiger partial charge in [0, 0.05) is 0 Å². The van der Waals surface area contributed by atoms with Crippen molar-refractivity contribution >= 4 is 0 Å². The zero-order valence-corrected chi connectivity index (χ0v) is 12.0. The Morgan fingerprint density at radius 3 is 1.00 bits per heavy atom. The molecule has 0 aliphatic rings. The molecule has 0 N–H and O–H groups in total. The molecule has 0 bridgehead atoms. The molecule has 0 spiro atoms. The third-order valence-electron chi connectivity index (χ3n) is 1.69. The minimum atomic E-state index is -2.27. The Bertz CT molecular complexity index is 383. The van der Waals surface area contributed by atoms with Gasteiger partial charge in [0.1, 0.15) is 0 Å². The van der Waals surface area contributed by atoms with Crippen LogP contribution < -0.4 is 0 Å². The van der Waals surface area contributed by atoms with E-state index in [9.17, 15) is 0 Å². The average molecular weight is 305 g/mol. The number of hydrogen-bond donors (Lipinski definition) is 0. The molecule has 0 unspecified atom stereocenters. The second-order valence-corrected chi connectivity index (χ2v) is 3.46. The first-order valence-corrected chi connectivity index (χ1v) is 6.94. The van der Waals surface area contributed by atoms with Gasteiger partial charge in [-0.2, -0.15) is 49.2 Å². The zero-order valence-electron chi connectivity index (χ0n) is 9.50. The van der Waals surface area contributed by atoms with Crippen molar-refractivity contribution < 1.29 is 28.9 Å². The molecule has 0 heterocycles. The molecule has 0 amide bonds. The van der Waals surface area contributed by atoms with E-state index in [1.54, 1.807) is 0 Å². The normalized spacial score (nSPS) is 7.53. The summed E-state index contributed by atoms with van der Waals surface area (Å²) in [6.07, 6.45) is 0. The predicted molar refractivity (Wildman–Crippen MR) is 63.2 cm³/mol. The van der Waals surface area contributed by atoms with Gasteiger partial charge in [0.25, 0.3) is 0 Å². The molecule has 0 radical (unpaired) electrons. The van der Waals surface area contributed by atoms with Gasteiger partial charge < -0.3 is 0 Å². The van der Waals surface area contributed by atoms with Gasteiger partial charge in [-0.15, -0.1) is 24.3 Å². The number of hydrogen-bond acceptors (Lipinski definition) is 2. The van der Waals surface area contributed by atoms with Crippen LogP contribution in [0, 0.1) is 13.8 Å². The molecular weight excluding hydrogens is 291 g/mol. The van der Waals surface area contributed by atoms with Crippen LogP contribution in [0.1, 0.15) is 11.1 Å². The van der Waals surface area contributed by atoms with E-state index < -0.39 is 23.2 Å². The van der Waals surface area contributed by atoms with E-state index in [0.29, 0.717) is 0 Å². The fourth-order valence-electron chi connectivity index (χ4n) is 0.956. The molecule has 0 saturated carbocycles. The van der Waals surface area contributed by atoms with Crippen molar-refractivity contribution in [3.05, 3.63) is 85.6 Å². The van der Waals surface area contributed by atoms with Gasteiger partial charge in [-0.25, -0.2) is 0 Å². The zero-order chi connectivity index (χ0) is 12.9. The van der Waals surface area contributed by atoms with Crippen LogP contribution in [0.15, 0.2) is 60.7 Å². The van der Waals surface area contributed by atoms with Gasteiger partial charge in [-0.05, 0) is 0 Å². The Labute approximate surface area is 114 Å². The van der Waals surface area contributed by atoms with Crippen molar-refractivity contribution in [1.82, 2.24) is 0 Å². The van der Waals surface area contributed by atoms with Gasteiger partial charge in [0.05, 0.1) is 0 Å². The Hall–Kier alpha value is -1.34. The molecule has 2 rings (SSSR count). The summed E-state index contributed by atoms with van der Waals surface area (Å²) in [6.45, 7) is 7.44. The van der Waals surface area contributed by atoms with Gasteiger partial charge in [-0.3, -0.25) is 0 Å². The summed E-state index contributed by atoms with van der Waals surface area (Å²) in [4.78, 5) is 0. The van der Waals surface area contributed by atoms with Gasteiger partial charge >= 0.3 is 28.9 Å². The summed E-state index contributed by atoms with van der Waals surface area (Å²) in [6, 6.07) is 19.7.